The Labute approximate surface area is 135 Å². The number of piperidine rings is 1. The lowest BCUT2D eigenvalue weighted by Gasteiger charge is -2.36. The van der Waals surface area contributed by atoms with E-state index in [1.165, 1.54) is 45.3 Å². The first-order chi connectivity index (χ1) is 10.3. The molecule has 21 heavy (non-hydrogen) atoms. The van der Waals surface area contributed by atoms with Crippen LogP contribution >= 0.6 is 15.9 Å². The highest BCUT2D eigenvalue weighted by atomic mass is 79.9. The van der Waals surface area contributed by atoms with Crippen LogP contribution in [0.15, 0.2) is 18.2 Å². The van der Waals surface area contributed by atoms with Crippen molar-refractivity contribution >= 4 is 21.6 Å². The van der Waals surface area contributed by atoms with Gasteiger partial charge in [0, 0.05) is 25.0 Å². The smallest absolute Gasteiger partial charge is 0.146 e. The fourth-order valence-electron chi connectivity index (χ4n) is 3.69. The van der Waals surface area contributed by atoms with Crippen molar-refractivity contribution in [2.75, 3.05) is 37.6 Å². The van der Waals surface area contributed by atoms with Crippen LogP contribution in [0.3, 0.4) is 0 Å². The molecule has 2 fully saturated rings. The molecular formula is C17H24BrFN2. The van der Waals surface area contributed by atoms with E-state index < -0.39 is 0 Å². The molecule has 0 aliphatic carbocycles. The molecule has 0 amide bonds. The maximum absolute atomic E-state index is 14.2. The fourth-order valence-corrected chi connectivity index (χ4v) is 4.14. The minimum absolute atomic E-state index is 0.0788. The van der Waals surface area contributed by atoms with Crippen LogP contribution in [0.2, 0.25) is 0 Å². The van der Waals surface area contributed by atoms with Gasteiger partial charge in [-0.15, -0.1) is 0 Å². The zero-order chi connectivity index (χ0) is 14.7. The van der Waals surface area contributed by atoms with Crippen molar-refractivity contribution in [3.05, 3.63) is 29.6 Å². The molecule has 2 aliphatic heterocycles. The number of rotatable bonds is 4. The first-order valence-corrected chi connectivity index (χ1v) is 9.20. The summed E-state index contributed by atoms with van der Waals surface area (Å²) in [6, 6.07) is 5.40. The monoisotopic (exact) mass is 354 g/mol. The molecule has 3 rings (SSSR count). The Morgan fingerprint density at radius 3 is 2.48 bits per heavy atom. The summed E-state index contributed by atoms with van der Waals surface area (Å²) in [6.45, 7) is 5.78. The summed E-state index contributed by atoms with van der Waals surface area (Å²) in [5.74, 6) is 0.712. The number of hydrogen-bond acceptors (Lipinski definition) is 2. The topological polar surface area (TPSA) is 6.48 Å². The highest BCUT2D eigenvalue weighted by Crippen LogP contribution is 2.30. The van der Waals surface area contributed by atoms with Crippen molar-refractivity contribution in [1.82, 2.24) is 4.90 Å². The molecule has 2 nitrogen and oxygen atoms in total. The summed E-state index contributed by atoms with van der Waals surface area (Å²) in [7, 11) is 0. The van der Waals surface area contributed by atoms with Gasteiger partial charge in [0.05, 0.1) is 5.69 Å². The van der Waals surface area contributed by atoms with Crippen molar-refractivity contribution in [2.45, 2.75) is 31.0 Å². The quantitative estimate of drug-likeness (QED) is 0.753. The number of hydrogen-bond donors (Lipinski definition) is 0. The molecule has 0 spiro atoms. The lowest BCUT2D eigenvalue weighted by Crippen LogP contribution is -2.38. The molecular weight excluding hydrogens is 331 g/mol. The van der Waals surface area contributed by atoms with Crippen LogP contribution in [0.1, 0.15) is 31.2 Å². The zero-order valence-electron chi connectivity index (χ0n) is 12.5. The van der Waals surface area contributed by atoms with Gasteiger partial charge in [-0.25, -0.2) is 4.39 Å². The number of nitrogens with zero attached hydrogens (tertiary/aromatic N) is 2. The summed E-state index contributed by atoms with van der Waals surface area (Å²) in [4.78, 5) is 4.85. The van der Waals surface area contributed by atoms with E-state index in [0.717, 1.165) is 30.3 Å². The van der Waals surface area contributed by atoms with Crippen molar-refractivity contribution in [3.8, 4) is 0 Å². The van der Waals surface area contributed by atoms with Gasteiger partial charge >= 0.3 is 0 Å². The molecule has 0 bridgehead atoms. The van der Waals surface area contributed by atoms with Crippen LogP contribution in [0, 0.1) is 11.7 Å². The number of alkyl halides is 1. The maximum atomic E-state index is 14.2. The molecule has 2 heterocycles. The first-order valence-electron chi connectivity index (χ1n) is 8.08. The Hall–Kier alpha value is -0.610. The molecule has 0 saturated carbocycles. The van der Waals surface area contributed by atoms with Gasteiger partial charge in [0.2, 0.25) is 0 Å². The van der Waals surface area contributed by atoms with Gasteiger partial charge in [0.15, 0.2) is 0 Å². The molecule has 0 N–H and O–H groups in total. The molecule has 0 unspecified atom stereocenters. The summed E-state index contributed by atoms with van der Waals surface area (Å²) >= 11 is 3.48. The summed E-state index contributed by atoms with van der Waals surface area (Å²) in [5.41, 5.74) is 1.88. The highest BCUT2D eigenvalue weighted by molar-refractivity contribution is 9.08. The average molecular weight is 355 g/mol. The Morgan fingerprint density at radius 2 is 1.81 bits per heavy atom. The van der Waals surface area contributed by atoms with Crippen LogP contribution < -0.4 is 4.90 Å². The number of halogens is 2. The van der Waals surface area contributed by atoms with Crippen molar-refractivity contribution < 1.29 is 4.39 Å². The standard InChI is InChI=1S/C17H24BrFN2/c18-12-15-4-3-5-16(19)17(15)21-10-6-14(7-11-21)13-20-8-1-2-9-20/h3-5,14H,1-2,6-13H2. The van der Waals surface area contributed by atoms with Crippen molar-refractivity contribution in [1.29, 1.82) is 0 Å². The summed E-state index contributed by atoms with van der Waals surface area (Å²) in [6.07, 6.45) is 5.10. The van der Waals surface area contributed by atoms with Gasteiger partial charge < -0.3 is 9.80 Å². The molecule has 0 aromatic heterocycles. The van der Waals surface area contributed by atoms with Gasteiger partial charge in [-0.05, 0) is 56.3 Å². The molecule has 116 valence electrons. The van der Waals surface area contributed by atoms with Gasteiger partial charge in [0.1, 0.15) is 5.82 Å². The van der Waals surface area contributed by atoms with E-state index in [2.05, 4.69) is 25.7 Å². The van der Waals surface area contributed by atoms with E-state index >= 15 is 0 Å². The molecule has 4 heteroatoms. The fraction of sp³-hybridized carbons (Fsp3) is 0.647. The zero-order valence-corrected chi connectivity index (χ0v) is 14.1. The van der Waals surface area contributed by atoms with Crippen LogP contribution in [-0.2, 0) is 5.33 Å². The van der Waals surface area contributed by atoms with E-state index in [9.17, 15) is 4.39 Å². The van der Waals surface area contributed by atoms with E-state index in [0.29, 0.717) is 5.33 Å². The predicted molar refractivity (Wildman–Crippen MR) is 89.6 cm³/mol. The van der Waals surface area contributed by atoms with E-state index in [1.54, 1.807) is 12.1 Å². The van der Waals surface area contributed by atoms with Crippen molar-refractivity contribution in [3.63, 3.8) is 0 Å². The maximum Gasteiger partial charge on any atom is 0.146 e. The lowest BCUT2D eigenvalue weighted by molar-refractivity contribution is 0.249. The van der Waals surface area contributed by atoms with Gasteiger partial charge in [-0.1, -0.05) is 28.1 Å². The summed E-state index contributed by atoms with van der Waals surface area (Å²) in [5, 5.41) is 0.716. The summed E-state index contributed by atoms with van der Waals surface area (Å²) < 4.78 is 14.2. The van der Waals surface area contributed by atoms with Gasteiger partial charge in [-0.3, -0.25) is 0 Å². The third-order valence-corrected chi connectivity index (χ3v) is 5.46. The van der Waals surface area contributed by atoms with E-state index in [1.807, 2.05) is 6.07 Å². The molecule has 1 aromatic rings. The third kappa shape index (κ3) is 3.59. The molecule has 0 radical (unpaired) electrons. The number of para-hydroxylation sites is 1. The largest absolute Gasteiger partial charge is 0.369 e. The van der Waals surface area contributed by atoms with Crippen LogP contribution in [0.5, 0.6) is 0 Å². The van der Waals surface area contributed by atoms with Crippen molar-refractivity contribution in [2.24, 2.45) is 5.92 Å². The SMILES string of the molecule is Fc1cccc(CBr)c1N1CCC(CN2CCCC2)CC1. The Morgan fingerprint density at radius 1 is 1.10 bits per heavy atom. The Kier molecular flexibility index (Phi) is 5.17. The third-order valence-electron chi connectivity index (χ3n) is 4.86. The second kappa shape index (κ2) is 7.10. The minimum atomic E-state index is -0.0788. The second-order valence-electron chi connectivity index (χ2n) is 6.32. The van der Waals surface area contributed by atoms with Crippen LogP contribution in [-0.4, -0.2) is 37.6 Å². The average Bonchev–Trinajstić information content (AvgIpc) is 3.01. The van der Waals surface area contributed by atoms with Crippen LogP contribution in [0.25, 0.3) is 0 Å². The Balaban J connectivity index is 1.60. The Bertz CT molecular complexity index is 466. The molecule has 2 saturated heterocycles. The van der Waals surface area contributed by atoms with Gasteiger partial charge in [0.25, 0.3) is 0 Å². The number of benzene rings is 1. The minimum Gasteiger partial charge on any atom is -0.369 e. The second-order valence-corrected chi connectivity index (χ2v) is 6.88. The number of anilines is 1. The van der Waals surface area contributed by atoms with E-state index in [-0.39, 0.29) is 5.82 Å². The molecule has 1 aromatic carbocycles. The van der Waals surface area contributed by atoms with E-state index in [4.69, 9.17) is 0 Å². The highest BCUT2D eigenvalue weighted by Gasteiger charge is 2.25. The lowest BCUT2D eigenvalue weighted by atomic mass is 9.95. The van der Waals surface area contributed by atoms with Crippen LogP contribution in [0.4, 0.5) is 10.1 Å². The predicted octanol–water partition coefficient (Wildman–Crippen LogP) is 4.03. The normalized spacial score (nSPS) is 21.1. The number of likely N-dealkylation sites (tertiary alicyclic amines) is 1. The first kappa shape index (κ1) is 15.3. The molecule has 2 aliphatic rings. The molecule has 0 atom stereocenters. The van der Waals surface area contributed by atoms with Gasteiger partial charge in [-0.2, -0.15) is 0 Å².